The fourth-order valence-corrected chi connectivity index (χ4v) is 4.86. The highest BCUT2D eigenvalue weighted by Crippen LogP contribution is 2.32. The number of anilines is 1. The molecule has 0 atom stereocenters. The first-order chi connectivity index (χ1) is 15.6. The monoisotopic (exact) mass is 504 g/mol. The number of nitrogens with two attached hydrogens (primary N) is 1. The summed E-state index contributed by atoms with van der Waals surface area (Å²) in [5, 5.41) is 13.4. The van der Waals surface area contributed by atoms with Crippen LogP contribution in [0.4, 0.5) is 5.69 Å². The number of sulfonamides is 1. The Morgan fingerprint density at radius 3 is 2.55 bits per heavy atom. The lowest BCUT2D eigenvalue weighted by Crippen LogP contribution is -2.20. The van der Waals surface area contributed by atoms with Gasteiger partial charge < -0.3 is 10.1 Å². The number of amides is 1. The van der Waals surface area contributed by atoms with Gasteiger partial charge in [-0.3, -0.25) is 4.79 Å². The summed E-state index contributed by atoms with van der Waals surface area (Å²) in [5.41, 5.74) is 1.74. The van der Waals surface area contributed by atoms with Crippen molar-refractivity contribution in [3.05, 3.63) is 70.2 Å². The smallest absolute Gasteiger partial charge is 0.348 e. The molecular weight excluding hydrogens is 488 g/mol. The maximum absolute atomic E-state index is 12.5. The summed E-state index contributed by atoms with van der Waals surface area (Å²) in [6, 6.07) is 14.2. The number of para-hydroxylation sites is 1. The SMILES string of the molecule is Cc1nn(-c2ccccc2Cl)c2sc(C(=O)OCC(=O)Nc3ccc(S(N)(=O)=O)cc3)cc12. The molecule has 1 amide bonds. The van der Waals surface area contributed by atoms with Gasteiger partial charge in [0.15, 0.2) is 6.61 Å². The molecule has 0 aliphatic rings. The van der Waals surface area contributed by atoms with E-state index in [9.17, 15) is 18.0 Å². The molecule has 0 radical (unpaired) electrons. The Balaban J connectivity index is 1.44. The van der Waals surface area contributed by atoms with Crippen molar-refractivity contribution in [2.75, 3.05) is 11.9 Å². The van der Waals surface area contributed by atoms with Crippen molar-refractivity contribution in [1.82, 2.24) is 9.78 Å². The van der Waals surface area contributed by atoms with E-state index in [1.807, 2.05) is 25.1 Å². The van der Waals surface area contributed by atoms with E-state index in [1.54, 1.807) is 16.8 Å². The molecule has 0 saturated carbocycles. The Morgan fingerprint density at radius 1 is 1.18 bits per heavy atom. The van der Waals surface area contributed by atoms with Gasteiger partial charge in [0.1, 0.15) is 9.71 Å². The molecule has 4 aromatic rings. The van der Waals surface area contributed by atoms with E-state index in [4.69, 9.17) is 21.5 Å². The first-order valence-electron chi connectivity index (χ1n) is 9.47. The zero-order valence-electron chi connectivity index (χ0n) is 17.1. The van der Waals surface area contributed by atoms with Crippen LogP contribution in [0.1, 0.15) is 15.4 Å². The zero-order chi connectivity index (χ0) is 23.8. The van der Waals surface area contributed by atoms with Crippen LogP contribution in [0.2, 0.25) is 5.02 Å². The maximum Gasteiger partial charge on any atom is 0.348 e. The summed E-state index contributed by atoms with van der Waals surface area (Å²) in [5.74, 6) is -1.23. The number of hydrogen-bond acceptors (Lipinski definition) is 7. The second-order valence-corrected chi connectivity index (χ2v) is 9.97. The Hall–Kier alpha value is -3.25. The number of rotatable bonds is 6. The summed E-state index contributed by atoms with van der Waals surface area (Å²) in [4.78, 5) is 25.6. The number of ether oxygens (including phenoxy) is 1. The van der Waals surface area contributed by atoms with Crippen LogP contribution in [0, 0.1) is 6.92 Å². The number of primary sulfonamides is 1. The Morgan fingerprint density at radius 2 is 1.88 bits per heavy atom. The van der Waals surface area contributed by atoms with Crippen LogP contribution < -0.4 is 10.5 Å². The summed E-state index contributed by atoms with van der Waals surface area (Å²) in [6.07, 6.45) is 0. The Labute approximate surface area is 197 Å². The molecule has 0 fully saturated rings. The van der Waals surface area contributed by atoms with Crippen LogP contribution in [0.25, 0.3) is 15.9 Å². The first-order valence-corrected chi connectivity index (χ1v) is 12.2. The first kappa shape index (κ1) is 22.9. The van der Waals surface area contributed by atoms with Crippen molar-refractivity contribution in [2.45, 2.75) is 11.8 Å². The maximum atomic E-state index is 12.5. The molecule has 2 aromatic carbocycles. The minimum Gasteiger partial charge on any atom is -0.451 e. The Kier molecular flexibility index (Phi) is 6.21. The topological polar surface area (TPSA) is 133 Å². The minimum absolute atomic E-state index is 0.0812. The minimum atomic E-state index is -3.83. The fourth-order valence-electron chi connectivity index (χ4n) is 3.06. The van der Waals surface area contributed by atoms with Crippen LogP contribution in [-0.4, -0.2) is 36.7 Å². The van der Waals surface area contributed by atoms with Crippen molar-refractivity contribution in [3.63, 3.8) is 0 Å². The summed E-state index contributed by atoms with van der Waals surface area (Å²) < 4.78 is 29.4. The quantitative estimate of drug-likeness (QED) is 0.386. The van der Waals surface area contributed by atoms with Gasteiger partial charge in [-0.15, -0.1) is 11.3 Å². The molecule has 0 aliphatic carbocycles. The lowest BCUT2D eigenvalue weighted by Gasteiger charge is -2.07. The molecule has 3 N–H and O–H groups in total. The van der Waals surface area contributed by atoms with Crippen LogP contribution >= 0.6 is 22.9 Å². The van der Waals surface area contributed by atoms with E-state index >= 15 is 0 Å². The van der Waals surface area contributed by atoms with E-state index in [0.717, 1.165) is 15.9 Å². The number of fused-ring (bicyclic) bond motifs is 1. The molecule has 0 bridgehead atoms. The number of nitrogens with zero attached hydrogens (tertiary/aromatic N) is 2. The number of esters is 1. The number of aryl methyl sites for hydroxylation is 1. The summed E-state index contributed by atoms with van der Waals surface area (Å²) in [6.45, 7) is 1.31. The third kappa shape index (κ3) is 4.91. The predicted octanol–water partition coefficient (Wildman–Crippen LogP) is 3.49. The molecule has 4 rings (SSSR count). The number of nitrogens with one attached hydrogen (secondary N) is 1. The molecule has 12 heteroatoms. The fraction of sp³-hybridized carbons (Fsp3) is 0.0952. The third-order valence-corrected chi connectivity index (χ3v) is 6.97. The van der Waals surface area contributed by atoms with Gasteiger partial charge in [0.2, 0.25) is 10.0 Å². The van der Waals surface area contributed by atoms with Crippen molar-refractivity contribution < 1.29 is 22.7 Å². The number of hydrogen-bond donors (Lipinski definition) is 2. The van der Waals surface area contributed by atoms with Gasteiger partial charge >= 0.3 is 5.97 Å². The lowest BCUT2D eigenvalue weighted by atomic mass is 10.3. The molecule has 170 valence electrons. The molecule has 0 saturated heterocycles. The molecule has 2 heterocycles. The number of carbonyl (C=O) groups excluding carboxylic acids is 2. The van der Waals surface area contributed by atoms with Gasteiger partial charge in [-0.25, -0.2) is 23.0 Å². The molecule has 0 aliphatic heterocycles. The van der Waals surface area contributed by atoms with Crippen LogP contribution in [0.5, 0.6) is 0 Å². The average molecular weight is 505 g/mol. The molecule has 2 aromatic heterocycles. The van der Waals surface area contributed by atoms with E-state index in [1.165, 1.54) is 35.6 Å². The van der Waals surface area contributed by atoms with Crippen LogP contribution in [0.3, 0.4) is 0 Å². The number of carbonyl (C=O) groups is 2. The second-order valence-electron chi connectivity index (χ2n) is 6.97. The van der Waals surface area contributed by atoms with E-state index in [-0.39, 0.29) is 4.90 Å². The summed E-state index contributed by atoms with van der Waals surface area (Å²) in [7, 11) is -3.83. The van der Waals surface area contributed by atoms with Gasteiger partial charge in [0, 0.05) is 11.1 Å². The highest BCUT2D eigenvalue weighted by molar-refractivity contribution is 7.89. The van der Waals surface area contributed by atoms with Gasteiger partial charge in [-0.2, -0.15) is 5.10 Å². The lowest BCUT2D eigenvalue weighted by molar-refractivity contribution is -0.119. The number of thiophene rings is 1. The van der Waals surface area contributed by atoms with Gasteiger partial charge in [0.05, 0.1) is 21.3 Å². The third-order valence-electron chi connectivity index (χ3n) is 4.63. The van der Waals surface area contributed by atoms with E-state index in [0.29, 0.717) is 21.3 Å². The number of halogens is 1. The van der Waals surface area contributed by atoms with Crippen molar-refractivity contribution in [3.8, 4) is 5.69 Å². The molecular formula is C21H17ClN4O5S2. The predicted molar refractivity (Wildman–Crippen MR) is 125 cm³/mol. The highest BCUT2D eigenvalue weighted by atomic mass is 35.5. The molecule has 33 heavy (non-hydrogen) atoms. The van der Waals surface area contributed by atoms with Crippen LogP contribution in [-0.2, 0) is 19.6 Å². The van der Waals surface area contributed by atoms with Crippen LogP contribution in [0.15, 0.2) is 59.5 Å². The number of aromatic nitrogens is 2. The van der Waals surface area contributed by atoms with E-state index in [2.05, 4.69) is 10.4 Å². The van der Waals surface area contributed by atoms with Gasteiger partial charge in [-0.05, 0) is 49.4 Å². The van der Waals surface area contributed by atoms with Gasteiger partial charge in [-0.1, -0.05) is 23.7 Å². The summed E-state index contributed by atoms with van der Waals surface area (Å²) >= 11 is 7.47. The standard InChI is InChI=1S/C21H17ClN4O5S2/c1-12-15-10-18(32-20(15)26(25-12)17-5-3-2-4-16(17)22)21(28)31-11-19(27)24-13-6-8-14(9-7-13)33(23,29)30/h2-10H,11H2,1H3,(H,24,27)(H2,23,29,30). The normalized spacial score (nSPS) is 11.5. The largest absolute Gasteiger partial charge is 0.451 e. The second kappa shape index (κ2) is 8.94. The van der Waals surface area contributed by atoms with Gasteiger partial charge in [0.25, 0.3) is 5.91 Å². The van der Waals surface area contributed by atoms with E-state index < -0.39 is 28.5 Å². The molecule has 9 nitrogen and oxygen atoms in total. The molecule has 0 spiro atoms. The highest BCUT2D eigenvalue weighted by Gasteiger charge is 2.20. The Bertz CT molecular complexity index is 1480. The van der Waals surface area contributed by atoms with Crippen molar-refractivity contribution in [2.24, 2.45) is 5.14 Å². The number of benzene rings is 2. The van der Waals surface area contributed by atoms with Crippen molar-refractivity contribution >= 4 is 60.7 Å². The van der Waals surface area contributed by atoms with Crippen molar-refractivity contribution in [1.29, 1.82) is 0 Å². The average Bonchev–Trinajstić information content (AvgIpc) is 3.33. The zero-order valence-corrected chi connectivity index (χ0v) is 19.5. The molecule has 0 unspecified atom stereocenters.